The van der Waals surface area contributed by atoms with E-state index in [-0.39, 0.29) is 11.7 Å². The van der Waals surface area contributed by atoms with Gasteiger partial charge in [0.25, 0.3) is 5.91 Å². The van der Waals surface area contributed by atoms with Gasteiger partial charge in [0.1, 0.15) is 11.5 Å². The highest BCUT2D eigenvalue weighted by Gasteiger charge is 2.38. The molecular formula is C26H28N2O4. The third-order valence-electron chi connectivity index (χ3n) is 5.90. The maximum Gasteiger partial charge on any atom is 0.254 e. The molecule has 0 unspecified atom stereocenters. The molecule has 2 aromatic rings. The Labute approximate surface area is 188 Å². The van der Waals surface area contributed by atoms with Crippen LogP contribution >= 0.6 is 0 Å². The van der Waals surface area contributed by atoms with Crippen molar-refractivity contribution in [3.8, 4) is 11.5 Å². The predicted octanol–water partition coefficient (Wildman–Crippen LogP) is 4.70. The molecule has 2 N–H and O–H groups in total. The van der Waals surface area contributed by atoms with Crippen molar-refractivity contribution in [1.29, 1.82) is 0 Å². The molecule has 1 aliphatic heterocycles. The van der Waals surface area contributed by atoms with Gasteiger partial charge in [-0.25, -0.2) is 0 Å². The van der Waals surface area contributed by atoms with Crippen LogP contribution in [0.2, 0.25) is 0 Å². The Kier molecular flexibility index (Phi) is 6.30. The van der Waals surface area contributed by atoms with Crippen molar-refractivity contribution in [3.63, 3.8) is 0 Å². The van der Waals surface area contributed by atoms with Crippen molar-refractivity contribution < 1.29 is 19.1 Å². The number of carbonyl (C=O) groups excluding carboxylic acids is 2. The van der Waals surface area contributed by atoms with Crippen molar-refractivity contribution >= 4 is 17.4 Å². The lowest BCUT2D eigenvalue weighted by molar-refractivity contribution is -0.116. The molecule has 6 heteroatoms. The molecular weight excluding hydrogens is 404 g/mol. The molecule has 0 radical (unpaired) electrons. The number of hydrogen-bond acceptors (Lipinski definition) is 5. The predicted molar refractivity (Wildman–Crippen MR) is 124 cm³/mol. The van der Waals surface area contributed by atoms with Crippen LogP contribution in [0.15, 0.2) is 71.1 Å². The normalized spacial score (nSPS) is 18.1. The van der Waals surface area contributed by atoms with E-state index >= 15 is 0 Å². The molecule has 1 atom stereocenters. The Bertz CT molecular complexity index is 1100. The van der Waals surface area contributed by atoms with Crippen LogP contribution in [0, 0.1) is 0 Å². The SMILES string of the molecule is CCOc1ccc([C@H]2C(C(=O)Nc3ccccc3OC)=C(C)NC3=C2C(=O)CCC3)cc1. The number of rotatable bonds is 6. The quantitative estimate of drug-likeness (QED) is 0.692. The Morgan fingerprint density at radius 2 is 1.88 bits per heavy atom. The highest BCUT2D eigenvalue weighted by Crippen LogP contribution is 2.43. The third-order valence-corrected chi connectivity index (χ3v) is 5.90. The number of benzene rings is 2. The molecule has 0 spiro atoms. The number of nitrogens with one attached hydrogen (secondary N) is 2. The topological polar surface area (TPSA) is 76.7 Å². The van der Waals surface area contributed by atoms with Crippen LogP contribution in [-0.4, -0.2) is 25.4 Å². The van der Waals surface area contributed by atoms with Crippen molar-refractivity contribution in [2.75, 3.05) is 19.0 Å². The molecule has 6 nitrogen and oxygen atoms in total. The van der Waals surface area contributed by atoms with Crippen LogP contribution in [0.5, 0.6) is 11.5 Å². The van der Waals surface area contributed by atoms with E-state index in [2.05, 4.69) is 10.6 Å². The molecule has 1 amide bonds. The largest absolute Gasteiger partial charge is 0.495 e. The zero-order chi connectivity index (χ0) is 22.7. The number of Topliss-reactive ketones (excluding diaryl/α,β-unsaturated/α-hetero) is 1. The maximum absolute atomic E-state index is 13.6. The van der Waals surface area contributed by atoms with Crippen LogP contribution in [-0.2, 0) is 9.59 Å². The number of methoxy groups -OCH3 is 1. The second kappa shape index (κ2) is 9.30. The van der Waals surface area contributed by atoms with Gasteiger partial charge in [-0.3, -0.25) is 9.59 Å². The number of carbonyl (C=O) groups is 2. The molecule has 1 aliphatic carbocycles. The summed E-state index contributed by atoms with van der Waals surface area (Å²) in [7, 11) is 1.57. The highest BCUT2D eigenvalue weighted by atomic mass is 16.5. The van der Waals surface area contributed by atoms with E-state index in [0.29, 0.717) is 35.6 Å². The van der Waals surface area contributed by atoms with Gasteiger partial charge in [0.15, 0.2) is 5.78 Å². The van der Waals surface area contributed by atoms with Crippen LogP contribution < -0.4 is 20.1 Å². The number of amides is 1. The lowest BCUT2D eigenvalue weighted by atomic mass is 9.75. The number of hydrogen-bond donors (Lipinski definition) is 2. The first kappa shape index (κ1) is 21.7. The monoisotopic (exact) mass is 432 g/mol. The van der Waals surface area contributed by atoms with Gasteiger partial charge in [-0.05, 0) is 56.5 Å². The van der Waals surface area contributed by atoms with E-state index in [1.54, 1.807) is 19.2 Å². The van der Waals surface area contributed by atoms with E-state index in [4.69, 9.17) is 9.47 Å². The van der Waals surface area contributed by atoms with Gasteiger partial charge in [-0.15, -0.1) is 0 Å². The van der Waals surface area contributed by atoms with E-state index in [1.807, 2.05) is 50.2 Å². The molecule has 2 aliphatic rings. The summed E-state index contributed by atoms with van der Waals surface area (Å²) in [5, 5.41) is 6.33. The van der Waals surface area contributed by atoms with Crippen molar-refractivity contribution in [2.24, 2.45) is 0 Å². The van der Waals surface area contributed by atoms with Gasteiger partial charge < -0.3 is 20.1 Å². The molecule has 32 heavy (non-hydrogen) atoms. The molecule has 0 fully saturated rings. The summed E-state index contributed by atoms with van der Waals surface area (Å²) in [6.07, 6.45) is 2.11. The van der Waals surface area contributed by atoms with Gasteiger partial charge in [-0.1, -0.05) is 24.3 Å². The smallest absolute Gasteiger partial charge is 0.254 e. The minimum absolute atomic E-state index is 0.0905. The summed E-state index contributed by atoms with van der Waals surface area (Å²) in [5.74, 6) is 0.727. The summed E-state index contributed by atoms with van der Waals surface area (Å²) >= 11 is 0. The number of allylic oxidation sites excluding steroid dienone is 3. The van der Waals surface area contributed by atoms with Gasteiger partial charge in [0, 0.05) is 34.9 Å². The van der Waals surface area contributed by atoms with Crippen LogP contribution in [0.4, 0.5) is 5.69 Å². The summed E-state index contributed by atoms with van der Waals surface area (Å²) in [5.41, 5.74) is 4.38. The Hall–Kier alpha value is -3.54. The van der Waals surface area contributed by atoms with Crippen molar-refractivity contribution in [1.82, 2.24) is 5.32 Å². The minimum atomic E-state index is -0.440. The zero-order valence-electron chi connectivity index (χ0n) is 18.7. The number of anilines is 1. The molecule has 0 saturated carbocycles. The molecule has 2 aromatic carbocycles. The number of dihydropyridines is 1. The fraction of sp³-hybridized carbons (Fsp3) is 0.308. The number of ether oxygens (including phenoxy) is 2. The van der Waals surface area contributed by atoms with E-state index in [9.17, 15) is 9.59 Å². The minimum Gasteiger partial charge on any atom is -0.495 e. The summed E-state index contributed by atoms with van der Waals surface area (Å²) in [4.78, 5) is 26.6. The van der Waals surface area contributed by atoms with Crippen molar-refractivity contribution in [3.05, 3.63) is 76.6 Å². The van der Waals surface area contributed by atoms with Crippen LogP contribution in [0.25, 0.3) is 0 Å². The Morgan fingerprint density at radius 1 is 1.12 bits per heavy atom. The fourth-order valence-corrected chi connectivity index (χ4v) is 4.48. The summed E-state index contributed by atoms with van der Waals surface area (Å²) in [6, 6.07) is 14.9. The second-order valence-corrected chi connectivity index (χ2v) is 7.92. The maximum atomic E-state index is 13.6. The van der Waals surface area contributed by atoms with Crippen LogP contribution in [0.3, 0.4) is 0 Å². The summed E-state index contributed by atoms with van der Waals surface area (Å²) < 4.78 is 11.0. The average molecular weight is 433 g/mol. The Balaban J connectivity index is 1.76. The van der Waals surface area contributed by atoms with Gasteiger partial charge in [0.2, 0.25) is 0 Å². The first-order chi connectivity index (χ1) is 15.5. The van der Waals surface area contributed by atoms with E-state index in [1.165, 1.54) is 0 Å². The molecule has 1 heterocycles. The summed E-state index contributed by atoms with van der Waals surface area (Å²) in [6.45, 7) is 4.40. The third kappa shape index (κ3) is 4.13. The first-order valence-electron chi connectivity index (χ1n) is 10.9. The lowest BCUT2D eigenvalue weighted by Gasteiger charge is -2.34. The Morgan fingerprint density at radius 3 is 2.59 bits per heavy atom. The first-order valence-corrected chi connectivity index (χ1v) is 10.9. The lowest BCUT2D eigenvalue weighted by Crippen LogP contribution is -2.35. The molecule has 0 bridgehead atoms. The van der Waals surface area contributed by atoms with Gasteiger partial charge in [0.05, 0.1) is 19.4 Å². The average Bonchev–Trinajstić information content (AvgIpc) is 2.79. The van der Waals surface area contributed by atoms with E-state index < -0.39 is 5.92 Å². The fourth-order valence-electron chi connectivity index (χ4n) is 4.48. The molecule has 0 saturated heterocycles. The molecule has 0 aromatic heterocycles. The van der Waals surface area contributed by atoms with Gasteiger partial charge >= 0.3 is 0 Å². The highest BCUT2D eigenvalue weighted by molar-refractivity contribution is 6.10. The standard InChI is InChI=1S/C26H28N2O4/c1-4-32-18-14-12-17(13-15-18)24-23(16(2)27-20-9-7-10-21(29)25(20)24)26(30)28-19-8-5-6-11-22(19)31-3/h5-6,8,11-15,24,27H,4,7,9-10H2,1-3H3,(H,28,30)/t24-/m0/s1. The second-order valence-electron chi connectivity index (χ2n) is 7.92. The van der Waals surface area contributed by atoms with Crippen LogP contribution in [0.1, 0.15) is 44.6 Å². The molecule has 166 valence electrons. The zero-order valence-corrected chi connectivity index (χ0v) is 18.7. The molecule has 4 rings (SSSR count). The number of ketones is 1. The number of para-hydroxylation sites is 2. The van der Waals surface area contributed by atoms with E-state index in [0.717, 1.165) is 35.5 Å². The van der Waals surface area contributed by atoms with Crippen molar-refractivity contribution in [2.45, 2.75) is 39.0 Å². The van der Waals surface area contributed by atoms with Gasteiger partial charge in [-0.2, -0.15) is 0 Å².